The van der Waals surface area contributed by atoms with Gasteiger partial charge in [0.25, 0.3) is 5.91 Å². The first-order chi connectivity index (χ1) is 14.9. The van der Waals surface area contributed by atoms with Gasteiger partial charge in [0, 0.05) is 17.0 Å². The average molecular weight is 484 g/mol. The van der Waals surface area contributed by atoms with Gasteiger partial charge in [-0.25, -0.2) is 4.99 Å². The van der Waals surface area contributed by atoms with Crippen molar-refractivity contribution in [1.29, 1.82) is 0 Å². The highest BCUT2D eigenvalue weighted by Gasteiger charge is 2.66. The summed E-state index contributed by atoms with van der Waals surface area (Å²) in [6.45, 7) is 3.23. The zero-order chi connectivity index (χ0) is 21.9. The SMILES string of the molecule is COCCN1C(=O)C2(N=C1N)c1cc(Br)ccc1CC21CCC2C=CC=CC2(C)CC1. The smallest absolute Gasteiger partial charge is 0.262 e. The molecule has 1 heterocycles. The van der Waals surface area contributed by atoms with Gasteiger partial charge in [0.2, 0.25) is 0 Å². The van der Waals surface area contributed by atoms with Gasteiger partial charge in [-0.15, -0.1) is 0 Å². The van der Waals surface area contributed by atoms with Crippen molar-refractivity contribution in [2.24, 2.45) is 27.5 Å². The fraction of sp³-hybridized carbons (Fsp3) is 0.520. The summed E-state index contributed by atoms with van der Waals surface area (Å²) in [5.41, 5.74) is 7.57. The summed E-state index contributed by atoms with van der Waals surface area (Å²) in [6.07, 6.45) is 13.9. The Labute approximate surface area is 192 Å². The molecule has 164 valence electrons. The molecule has 0 radical (unpaired) electrons. The maximum absolute atomic E-state index is 14.1. The Kier molecular flexibility index (Phi) is 4.94. The van der Waals surface area contributed by atoms with Gasteiger partial charge in [0.05, 0.1) is 13.2 Å². The Morgan fingerprint density at radius 3 is 2.94 bits per heavy atom. The van der Waals surface area contributed by atoms with E-state index >= 15 is 0 Å². The lowest BCUT2D eigenvalue weighted by atomic mass is 9.64. The number of benzene rings is 1. The van der Waals surface area contributed by atoms with E-state index in [0.717, 1.165) is 42.1 Å². The average Bonchev–Trinajstić information content (AvgIpc) is 3.09. The molecule has 1 aliphatic heterocycles. The Balaban J connectivity index is 1.64. The molecule has 5 nitrogen and oxygen atoms in total. The third kappa shape index (κ3) is 2.91. The van der Waals surface area contributed by atoms with E-state index in [1.807, 2.05) is 0 Å². The number of methoxy groups -OCH3 is 1. The number of aliphatic imine (C=N–C) groups is 1. The van der Waals surface area contributed by atoms with Crippen molar-refractivity contribution in [3.8, 4) is 0 Å². The minimum Gasteiger partial charge on any atom is -0.383 e. The van der Waals surface area contributed by atoms with Crippen LogP contribution in [-0.2, 0) is 21.5 Å². The van der Waals surface area contributed by atoms with Gasteiger partial charge < -0.3 is 10.5 Å². The highest BCUT2D eigenvalue weighted by molar-refractivity contribution is 9.10. The van der Waals surface area contributed by atoms with E-state index in [-0.39, 0.29) is 16.7 Å². The molecule has 1 aromatic rings. The monoisotopic (exact) mass is 483 g/mol. The summed E-state index contributed by atoms with van der Waals surface area (Å²) in [5, 5.41) is 0. The number of hydrogen-bond donors (Lipinski definition) is 1. The molecule has 1 saturated carbocycles. The summed E-state index contributed by atoms with van der Waals surface area (Å²) in [4.78, 5) is 20.8. The van der Waals surface area contributed by atoms with E-state index in [4.69, 9.17) is 15.5 Å². The summed E-state index contributed by atoms with van der Waals surface area (Å²) < 4.78 is 6.22. The molecular formula is C25H30BrN3O2. The van der Waals surface area contributed by atoms with Crippen LogP contribution in [0.2, 0.25) is 0 Å². The molecule has 0 saturated heterocycles. The van der Waals surface area contributed by atoms with Crippen LogP contribution in [-0.4, -0.2) is 37.0 Å². The Morgan fingerprint density at radius 2 is 2.13 bits per heavy atom. The first-order valence-corrected chi connectivity index (χ1v) is 12.0. The molecule has 0 aromatic heterocycles. The van der Waals surface area contributed by atoms with Crippen LogP contribution in [0.15, 0.2) is 52.0 Å². The lowest BCUT2D eigenvalue weighted by Gasteiger charge is -2.41. The van der Waals surface area contributed by atoms with E-state index in [2.05, 4.69) is 65.4 Å². The zero-order valence-corrected chi connectivity index (χ0v) is 19.8. The fourth-order valence-corrected chi connectivity index (χ4v) is 6.79. The molecule has 6 heteroatoms. The first-order valence-electron chi connectivity index (χ1n) is 11.2. The summed E-state index contributed by atoms with van der Waals surface area (Å²) in [7, 11) is 1.64. The van der Waals surface area contributed by atoms with Crippen molar-refractivity contribution in [3.05, 3.63) is 58.1 Å². The number of hydrogen-bond acceptors (Lipinski definition) is 4. The van der Waals surface area contributed by atoms with E-state index in [1.54, 1.807) is 12.0 Å². The van der Waals surface area contributed by atoms with Crippen LogP contribution in [0, 0.1) is 16.7 Å². The van der Waals surface area contributed by atoms with Crippen LogP contribution in [0.25, 0.3) is 0 Å². The number of rotatable bonds is 3. The highest BCUT2D eigenvalue weighted by atomic mass is 79.9. The van der Waals surface area contributed by atoms with Crippen LogP contribution in [0.1, 0.15) is 43.7 Å². The molecular weight excluding hydrogens is 454 g/mol. The first kappa shape index (κ1) is 21.0. The molecule has 4 aliphatic rings. The lowest BCUT2D eigenvalue weighted by molar-refractivity contribution is -0.137. The highest BCUT2D eigenvalue weighted by Crippen LogP contribution is 2.63. The third-order valence-corrected chi connectivity index (χ3v) is 8.74. The van der Waals surface area contributed by atoms with Crippen molar-refractivity contribution in [2.45, 2.75) is 44.6 Å². The van der Waals surface area contributed by atoms with Gasteiger partial charge >= 0.3 is 0 Å². The Bertz CT molecular complexity index is 1020. The van der Waals surface area contributed by atoms with Crippen molar-refractivity contribution in [1.82, 2.24) is 4.90 Å². The second kappa shape index (κ2) is 7.31. The van der Waals surface area contributed by atoms with Gasteiger partial charge in [-0.2, -0.15) is 0 Å². The summed E-state index contributed by atoms with van der Waals surface area (Å²) in [5.74, 6) is 0.828. The number of carbonyl (C=O) groups excluding carboxylic acids is 1. The molecule has 31 heavy (non-hydrogen) atoms. The van der Waals surface area contributed by atoms with Crippen molar-refractivity contribution >= 4 is 27.8 Å². The molecule has 2 spiro atoms. The zero-order valence-electron chi connectivity index (χ0n) is 18.2. The molecule has 0 bridgehead atoms. The minimum absolute atomic E-state index is 0.0139. The molecule has 3 aliphatic carbocycles. The maximum atomic E-state index is 14.1. The van der Waals surface area contributed by atoms with Crippen molar-refractivity contribution in [2.75, 3.05) is 20.3 Å². The van der Waals surface area contributed by atoms with E-state index < -0.39 is 5.54 Å². The Morgan fingerprint density at radius 1 is 1.29 bits per heavy atom. The minimum atomic E-state index is -0.943. The summed E-state index contributed by atoms with van der Waals surface area (Å²) >= 11 is 3.63. The second-order valence-corrected chi connectivity index (χ2v) is 10.7. The van der Waals surface area contributed by atoms with Gasteiger partial charge in [0.15, 0.2) is 11.5 Å². The molecule has 1 fully saturated rings. The Hall–Kier alpha value is -1.92. The van der Waals surface area contributed by atoms with Gasteiger partial charge in [-0.1, -0.05) is 53.2 Å². The van der Waals surface area contributed by atoms with Gasteiger partial charge in [-0.05, 0) is 66.7 Å². The standard InChI is InChI=1S/C25H30BrN3O2/c1-23-9-4-3-5-18(23)8-10-24(12-11-23)16-17-6-7-19(26)15-20(17)25(24)21(30)29(13-14-31-2)22(27)28-25/h3-7,9,15,18H,8,10-14,16H2,1-2H3,(H2,27,28). The van der Waals surface area contributed by atoms with Crippen LogP contribution in [0.3, 0.4) is 0 Å². The number of guanidine groups is 1. The molecule has 4 unspecified atom stereocenters. The van der Waals surface area contributed by atoms with E-state index in [1.165, 1.54) is 5.56 Å². The van der Waals surface area contributed by atoms with Gasteiger partial charge in [0.1, 0.15) is 0 Å². The molecule has 5 rings (SSSR count). The summed E-state index contributed by atoms with van der Waals surface area (Å²) in [6, 6.07) is 6.33. The molecule has 1 aromatic carbocycles. The number of nitrogens with two attached hydrogens (primary N) is 1. The maximum Gasteiger partial charge on any atom is 0.262 e. The topological polar surface area (TPSA) is 67.9 Å². The normalized spacial score (nSPS) is 36.1. The predicted octanol–water partition coefficient (Wildman–Crippen LogP) is 4.31. The number of ether oxygens (including phenoxy) is 1. The lowest BCUT2D eigenvalue weighted by Crippen LogP contribution is -2.51. The number of halogens is 1. The largest absolute Gasteiger partial charge is 0.383 e. The van der Waals surface area contributed by atoms with Crippen LogP contribution in [0.5, 0.6) is 0 Å². The quantitative estimate of drug-likeness (QED) is 0.695. The fourth-order valence-electron chi connectivity index (χ4n) is 6.43. The van der Waals surface area contributed by atoms with Crippen molar-refractivity contribution < 1.29 is 9.53 Å². The van der Waals surface area contributed by atoms with E-state index in [0.29, 0.717) is 25.0 Å². The van der Waals surface area contributed by atoms with Crippen LogP contribution < -0.4 is 5.73 Å². The number of nitrogens with zero attached hydrogens (tertiary/aromatic N) is 2. The molecule has 4 atom stereocenters. The van der Waals surface area contributed by atoms with Gasteiger partial charge in [-0.3, -0.25) is 9.69 Å². The number of fused-ring (bicyclic) bond motifs is 4. The van der Waals surface area contributed by atoms with Crippen LogP contribution in [0.4, 0.5) is 0 Å². The second-order valence-electron chi connectivity index (χ2n) is 9.78. The predicted molar refractivity (Wildman–Crippen MR) is 126 cm³/mol. The van der Waals surface area contributed by atoms with Crippen molar-refractivity contribution in [3.63, 3.8) is 0 Å². The molecule has 1 amide bonds. The number of carbonyl (C=O) groups is 1. The molecule has 2 N–H and O–H groups in total. The number of amides is 1. The third-order valence-electron chi connectivity index (χ3n) is 8.25. The number of allylic oxidation sites excluding steroid dienone is 4. The van der Waals surface area contributed by atoms with E-state index in [9.17, 15) is 4.79 Å². The van der Waals surface area contributed by atoms with Crippen LogP contribution >= 0.6 is 15.9 Å².